The van der Waals surface area contributed by atoms with Crippen molar-refractivity contribution in [2.24, 2.45) is 0 Å². The zero-order chi connectivity index (χ0) is 15.8. The highest BCUT2D eigenvalue weighted by molar-refractivity contribution is 5.31. The molecule has 0 aliphatic carbocycles. The summed E-state index contributed by atoms with van der Waals surface area (Å²) in [6.45, 7) is 5.18. The first-order chi connectivity index (χ1) is 10.7. The summed E-state index contributed by atoms with van der Waals surface area (Å²) in [7, 11) is 2.18. The monoisotopic (exact) mass is 294 g/mol. The minimum atomic E-state index is 0.514. The number of aromatic nitrogens is 1. The fraction of sp³-hybridized carbons (Fsp3) is 0.333. The summed E-state index contributed by atoms with van der Waals surface area (Å²) in [5.41, 5.74) is 2.84. The van der Waals surface area contributed by atoms with Gasteiger partial charge in [-0.25, -0.2) is 0 Å². The number of pyridine rings is 1. The number of nitrogens with one attached hydrogen (secondary N) is 1. The van der Waals surface area contributed by atoms with Crippen LogP contribution in [0.1, 0.15) is 22.9 Å². The maximum Gasteiger partial charge on any atom is 0.101 e. The first-order valence-electron chi connectivity index (χ1n) is 7.49. The Kier molecular flexibility index (Phi) is 6.08. The zero-order valence-corrected chi connectivity index (χ0v) is 13.2. The number of rotatable bonds is 1. The van der Waals surface area contributed by atoms with E-state index in [1.807, 2.05) is 13.0 Å². The van der Waals surface area contributed by atoms with Gasteiger partial charge in [0, 0.05) is 31.9 Å². The van der Waals surface area contributed by atoms with Gasteiger partial charge in [-0.05, 0) is 31.7 Å². The maximum absolute atomic E-state index is 8.43. The Bertz CT molecular complexity index is 618. The van der Waals surface area contributed by atoms with Crippen LogP contribution in [-0.2, 0) is 0 Å². The van der Waals surface area contributed by atoms with Crippen molar-refractivity contribution in [3.05, 3.63) is 65.5 Å². The molecule has 1 aliphatic rings. The number of aryl methyl sites for hydroxylation is 1. The summed E-state index contributed by atoms with van der Waals surface area (Å²) in [5.74, 6) is 0. The summed E-state index contributed by atoms with van der Waals surface area (Å²) in [5, 5.41) is 12.0. The molecule has 0 amide bonds. The lowest BCUT2D eigenvalue weighted by Gasteiger charge is -2.31. The molecular weight excluding hydrogens is 272 g/mol. The van der Waals surface area contributed by atoms with Gasteiger partial charge in [0.1, 0.15) is 6.07 Å². The lowest BCUT2D eigenvalue weighted by molar-refractivity contribution is 0.241. The molecule has 1 saturated heterocycles. The molecule has 22 heavy (non-hydrogen) atoms. The molecule has 1 fully saturated rings. The van der Waals surface area contributed by atoms with Crippen molar-refractivity contribution in [1.82, 2.24) is 15.2 Å². The predicted molar refractivity (Wildman–Crippen MR) is 88.4 cm³/mol. The fourth-order valence-corrected chi connectivity index (χ4v) is 2.41. The van der Waals surface area contributed by atoms with Gasteiger partial charge in [0.15, 0.2) is 0 Å². The molecule has 0 saturated carbocycles. The van der Waals surface area contributed by atoms with E-state index in [2.05, 4.69) is 52.6 Å². The van der Waals surface area contributed by atoms with E-state index >= 15 is 0 Å². The van der Waals surface area contributed by atoms with Gasteiger partial charge in [-0.1, -0.05) is 30.3 Å². The zero-order valence-electron chi connectivity index (χ0n) is 13.2. The van der Waals surface area contributed by atoms with Crippen LogP contribution in [0.3, 0.4) is 0 Å². The maximum atomic E-state index is 8.43. The Morgan fingerprint density at radius 3 is 2.59 bits per heavy atom. The predicted octanol–water partition coefficient (Wildman–Crippen LogP) is 2.52. The quantitative estimate of drug-likeness (QED) is 0.878. The Labute approximate surface area is 132 Å². The number of likely N-dealkylation sites (N-methyl/N-ethyl adjacent to an activating group) is 1. The average Bonchev–Trinajstić information content (AvgIpc) is 2.57. The van der Waals surface area contributed by atoms with E-state index in [0.29, 0.717) is 11.6 Å². The summed E-state index contributed by atoms with van der Waals surface area (Å²) >= 11 is 0. The van der Waals surface area contributed by atoms with Gasteiger partial charge in [-0.15, -0.1) is 0 Å². The number of piperazine rings is 1. The first-order valence-corrected chi connectivity index (χ1v) is 7.49. The van der Waals surface area contributed by atoms with E-state index < -0.39 is 0 Å². The summed E-state index contributed by atoms with van der Waals surface area (Å²) < 4.78 is 0. The molecule has 0 radical (unpaired) electrons. The Balaban J connectivity index is 0.000000172. The topological polar surface area (TPSA) is 52.0 Å². The Hall–Kier alpha value is -2.22. The second-order valence-electron chi connectivity index (χ2n) is 5.43. The fourth-order valence-electron chi connectivity index (χ4n) is 2.41. The number of benzene rings is 1. The van der Waals surface area contributed by atoms with Crippen LogP contribution in [0.4, 0.5) is 0 Å². The van der Waals surface area contributed by atoms with Crippen LogP contribution in [0.5, 0.6) is 0 Å². The van der Waals surface area contributed by atoms with Gasteiger partial charge in [0.2, 0.25) is 0 Å². The normalized spacial score (nSPS) is 18.0. The van der Waals surface area contributed by atoms with E-state index in [1.54, 1.807) is 18.3 Å². The minimum Gasteiger partial charge on any atom is -0.308 e. The molecule has 0 bridgehead atoms. The van der Waals surface area contributed by atoms with Crippen LogP contribution in [0.25, 0.3) is 0 Å². The molecule has 1 N–H and O–H groups in total. The Morgan fingerprint density at radius 2 is 2.00 bits per heavy atom. The molecule has 4 heteroatoms. The smallest absolute Gasteiger partial charge is 0.101 e. The van der Waals surface area contributed by atoms with Crippen molar-refractivity contribution in [1.29, 1.82) is 5.26 Å². The SMILES string of the molecule is CN1CCNC(c2ccccc2)C1.Cc1ncccc1C#N. The van der Waals surface area contributed by atoms with Crippen molar-refractivity contribution in [2.45, 2.75) is 13.0 Å². The molecule has 1 aromatic carbocycles. The van der Waals surface area contributed by atoms with Crippen molar-refractivity contribution in [3.8, 4) is 6.07 Å². The van der Waals surface area contributed by atoms with Crippen molar-refractivity contribution in [2.75, 3.05) is 26.7 Å². The number of nitriles is 1. The molecule has 1 aliphatic heterocycles. The first kappa shape index (κ1) is 16.2. The number of hydrogen-bond acceptors (Lipinski definition) is 4. The van der Waals surface area contributed by atoms with Crippen molar-refractivity contribution < 1.29 is 0 Å². The van der Waals surface area contributed by atoms with Crippen LogP contribution in [0.15, 0.2) is 48.7 Å². The number of nitrogens with zero attached hydrogens (tertiary/aromatic N) is 3. The lowest BCUT2D eigenvalue weighted by Crippen LogP contribution is -2.43. The van der Waals surface area contributed by atoms with E-state index in [4.69, 9.17) is 5.26 Å². The van der Waals surface area contributed by atoms with E-state index in [0.717, 1.165) is 25.3 Å². The van der Waals surface area contributed by atoms with Crippen LogP contribution < -0.4 is 5.32 Å². The van der Waals surface area contributed by atoms with Crippen LogP contribution in [0, 0.1) is 18.3 Å². The van der Waals surface area contributed by atoms with Gasteiger partial charge in [-0.2, -0.15) is 5.26 Å². The molecule has 1 atom stereocenters. The molecular formula is C18H22N4. The van der Waals surface area contributed by atoms with E-state index in [1.165, 1.54) is 5.56 Å². The minimum absolute atomic E-state index is 0.514. The molecule has 2 heterocycles. The highest BCUT2D eigenvalue weighted by Gasteiger charge is 2.17. The van der Waals surface area contributed by atoms with Gasteiger partial charge in [-0.3, -0.25) is 4.98 Å². The second kappa shape index (κ2) is 8.28. The number of hydrogen-bond donors (Lipinski definition) is 1. The standard InChI is InChI=1S/C11H16N2.C7H6N2/c1-13-8-7-12-11(9-13)10-5-3-2-4-6-10;1-6-7(5-8)3-2-4-9-6/h2-6,11-12H,7-9H2,1H3;2-4H,1H3. The Morgan fingerprint density at radius 1 is 1.23 bits per heavy atom. The molecule has 4 nitrogen and oxygen atoms in total. The van der Waals surface area contributed by atoms with Gasteiger partial charge in [0.25, 0.3) is 0 Å². The third-order valence-corrected chi connectivity index (χ3v) is 3.71. The highest BCUT2D eigenvalue weighted by atomic mass is 15.2. The highest BCUT2D eigenvalue weighted by Crippen LogP contribution is 2.15. The average molecular weight is 294 g/mol. The van der Waals surface area contributed by atoms with Gasteiger partial charge in [0.05, 0.1) is 11.3 Å². The summed E-state index contributed by atoms with van der Waals surface area (Å²) in [6.07, 6.45) is 1.68. The van der Waals surface area contributed by atoms with Crippen molar-refractivity contribution >= 4 is 0 Å². The summed E-state index contributed by atoms with van der Waals surface area (Å²) in [6, 6.07) is 16.7. The largest absolute Gasteiger partial charge is 0.308 e. The van der Waals surface area contributed by atoms with Gasteiger partial charge >= 0.3 is 0 Å². The molecule has 1 unspecified atom stereocenters. The van der Waals surface area contributed by atoms with E-state index in [9.17, 15) is 0 Å². The molecule has 2 aromatic rings. The van der Waals surface area contributed by atoms with Crippen molar-refractivity contribution in [3.63, 3.8) is 0 Å². The van der Waals surface area contributed by atoms with Gasteiger partial charge < -0.3 is 10.2 Å². The van der Waals surface area contributed by atoms with Crippen LogP contribution in [-0.4, -0.2) is 36.6 Å². The van der Waals surface area contributed by atoms with Crippen LogP contribution >= 0.6 is 0 Å². The molecule has 3 rings (SSSR count). The molecule has 114 valence electrons. The lowest BCUT2D eigenvalue weighted by atomic mass is 10.1. The molecule has 0 spiro atoms. The van der Waals surface area contributed by atoms with E-state index in [-0.39, 0.29) is 0 Å². The third-order valence-electron chi connectivity index (χ3n) is 3.71. The third kappa shape index (κ3) is 4.66. The summed E-state index contributed by atoms with van der Waals surface area (Å²) in [4.78, 5) is 6.30. The van der Waals surface area contributed by atoms with Crippen LogP contribution in [0.2, 0.25) is 0 Å². The molecule has 1 aromatic heterocycles. The second-order valence-corrected chi connectivity index (χ2v) is 5.43.